The number of methoxy groups -OCH3 is 1. The summed E-state index contributed by atoms with van der Waals surface area (Å²) in [6, 6.07) is 4.81. The minimum atomic E-state index is -3.53. The lowest BCUT2D eigenvalue weighted by Gasteiger charge is -2.20. The lowest BCUT2D eigenvalue weighted by Crippen LogP contribution is -2.33. The molecule has 1 N–H and O–H groups in total. The van der Waals surface area contributed by atoms with Crippen LogP contribution >= 0.6 is 0 Å². The number of benzene rings is 1. The van der Waals surface area contributed by atoms with Crippen molar-refractivity contribution in [2.24, 2.45) is 0 Å². The molecule has 0 atom stereocenters. The summed E-state index contributed by atoms with van der Waals surface area (Å²) in [5.41, 5.74) is 1.47. The summed E-state index contributed by atoms with van der Waals surface area (Å²) in [5, 5.41) is 8.70. The first-order chi connectivity index (χ1) is 9.97. The summed E-state index contributed by atoms with van der Waals surface area (Å²) >= 11 is 0. The van der Waals surface area contributed by atoms with Crippen molar-refractivity contribution in [2.45, 2.75) is 18.7 Å². The van der Waals surface area contributed by atoms with E-state index in [1.807, 2.05) is 0 Å². The molecular weight excluding hydrogens is 290 g/mol. The summed E-state index contributed by atoms with van der Waals surface area (Å²) in [6.45, 7) is 4.43. The van der Waals surface area contributed by atoms with E-state index in [4.69, 9.17) is 9.84 Å². The van der Waals surface area contributed by atoms with Crippen molar-refractivity contribution in [3.05, 3.63) is 29.3 Å². The summed E-state index contributed by atoms with van der Waals surface area (Å²) in [6.07, 6.45) is 0. The van der Waals surface area contributed by atoms with Crippen LogP contribution < -0.4 is 0 Å². The van der Waals surface area contributed by atoms with E-state index in [1.54, 1.807) is 39.2 Å². The van der Waals surface area contributed by atoms with E-state index >= 15 is 0 Å². The average Bonchev–Trinajstić information content (AvgIpc) is 2.46. The van der Waals surface area contributed by atoms with E-state index in [2.05, 4.69) is 11.8 Å². The highest BCUT2D eigenvalue weighted by Crippen LogP contribution is 2.19. The molecule has 0 fully saturated rings. The second kappa shape index (κ2) is 8.15. The number of hydrogen-bond acceptors (Lipinski definition) is 4. The molecule has 0 aliphatic heterocycles. The Morgan fingerprint density at radius 2 is 2.10 bits per heavy atom. The normalized spacial score (nSPS) is 11.3. The second-order valence-corrected chi connectivity index (χ2v) is 6.36. The molecule has 0 saturated carbocycles. The van der Waals surface area contributed by atoms with Gasteiger partial charge in [-0.3, -0.25) is 0 Å². The highest BCUT2D eigenvalue weighted by Gasteiger charge is 2.23. The minimum Gasteiger partial charge on any atom is -0.384 e. The first kappa shape index (κ1) is 17.7. The number of nitrogens with zero attached hydrogens (tertiary/aromatic N) is 1. The van der Waals surface area contributed by atoms with Gasteiger partial charge in [-0.2, -0.15) is 4.31 Å². The zero-order chi connectivity index (χ0) is 15.9. The Kier molecular flexibility index (Phi) is 6.85. The number of ether oxygens (including phenoxy) is 1. The fourth-order valence-corrected chi connectivity index (χ4v) is 3.38. The third kappa shape index (κ3) is 4.55. The Morgan fingerprint density at radius 3 is 2.62 bits per heavy atom. The minimum absolute atomic E-state index is 0.222. The Bertz CT molecular complexity index is 629. The van der Waals surface area contributed by atoms with E-state index in [-0.39, 0.29) is 11.5 Å². The van der Waals surface area contributed by atoms with Gasteiger partial charge in [-0.15, -0.1) is 0 Å². The quantitative estimate of drug-likeness (QED) is 0.796. The molecule has 1 rings (SSSR count). The highest BCUT2D eigenvalue weighted by atomic mass is 32.2. The maximum Gasteiger partial charge on any atom is 0.243 e. The Labute approximate surface area is 126 Å². The molecule has 0 saturated heterocycles. The molecule has 0 amide bonds. The predicted molar refractivity (Wildman–Crippen MR) is 81.5 cm³/mol. The average molecular weight is 311 g/mol. The van der Waals surface area contributed by atoms with Crippen LogP contribution in [0.1, 0.15) is 18.1 Å². The summed E-state index contributed by atoms with van der Waals surface area (Å²) in [5.74, 6) is 5.34. The van der Waals surface area contributed by atoms with Crippen LogP contribution in [0, 0.1) is 18.8 Å². The van der Waals surface area contributed by atoms with E-state index in [0.29, 0.717) is 25.3 Å². The van der Waals surface area contributed by atoms with Gasteiger partial charge in [0.1, 0.15) is 6.61 Å². The molecule has 0 bridgehead atoms. The van der Waals surface area contributed by atoms with Crippen LogP contribution in [0.3, 0.4) is 0 Å². The van der Waals surface area contributed by atoms with Crippen LogP contribution in [0.15, 0.2) is 23.1 Å². The SMILES string of the molecule is CCN(CCOC)S(=O)(=O)c1ccc(C#CCO)c(C)c1. The number of likely N-dealkylation sites (N-methyl/N-ethyl adjacent to an activating group) is 1. The fourth-order valence-electron chi connectivity index (χ4n) is 1.86. The van der Waals surface area contributed by atoms with Crippen molar-refractivity contribution in [3.8, 4) is 11.8 Å². The van der Waals surface area contributed by atoms with Gasteiger partial charge in [0.2, 0.25) is 10.0 Å². The Balaban J connectivity index is 3.11. The lowest BCUT2D eigenvalue weighted by atomic mass is 10.1. The molecule has 0 aromatic heterocycles. The maximum atomic E-state index is 12.5. The van der Waals surface area contributed by atoms with Crippen LogP contribution in [-0.4, -0.2) is 51.2 Å². The molecule has 0 spiro atoms. The molecule has 5 nitrogen and oxygen atoms in total. The standard InChI is InChI=1S/C15H21NO4S/c1-4-16(9-11-20-3)21(18,19)15-8-7-14(6-5-10-17)13(2)12-15/h7-8,12,17H,4,9-11H2,1-3H3. The van der Waals surface area contributed by atoms with Gasteiger partial charge in [-0.05, 0) is 30.7 Å². The molecule has 0 aliphatic carbocycles. The molecular formula is C15H21NO4S. The van der Waals surface area contributed by atoms with Gasteiger partial charge in [0.05, 0.1) is 11.5 Å². The summed E-state index contributed by atoms with van der Waals surface area (Å²) in [4.78, 5) is 0.243. The van der Waals surface area contributed by atoms with Crippen LogP contribution in [0.25, 0.3) is 0 Å². The fraction of sp³-hybridized carbons (Fsp3) is 0.467. The number of aryl methyl sites for hydroxylation is 1. The molecule has 0 unspecified atom stereocenters. The van der Waals surface area contributed by atoms with Gasteiger partial charge < -0.3 is 9.84 Å². The molecule has 6 heteroatoms. The monoisotopic (exact) mass is 311 g/mol. The number of sulfonamides is 1. The van der Waals surface area contributed by atoms with Crippen LogP contribution in [0.4, 0.5) is 0 Å². The maximum absolute atomic E-state index is 12.5. The Hall–Kier alpha value is -1.39. The van der Waals surface area contributed by atoms with Crippen molar-refractivity contribution in [1.82, 2.24) is 4.31 Å². The molecule has 116 valence electrons. The van der Waals surface area contributed by atoms with Gasteiger partial charge in [0.15, 0.2) is 0 Å². The topological polar surface area (TPSA) is 66.8 Å². The first-order valence-electron chi connectivity index (χ1n) is 6.66. The number of aliphatic hydroxyl groups is 1. The highest BCUT2D eigenvalue weighted by molar-refractivity contribution is 7.89. The van der Waals surface area contributed by atoms with Crippen molar-refractivity contribution >= 4 is 10.0 Å². The molecule has 1 aromatic rings. The molecule has 0 heterocycles. The summed E-state index contributed by atoms with van der Waals surface area (Å²) in [7, 11) is -1.99. The molecule has 0 radical (unpaired) electrons. The van der Waals surface area contributed by atoms with Gasteiger partial charge in [0, 0.05) is 25.8 Å². The zero-order valence-corrected chi connectivity index (χ0v) is 13.4. The smallest absolute Gasteiger partial charge is 0.243 e. The second-order valence-electron chi connectivity index (χ2n) is 4.43. The van der Waals surface area contributed by atoms with E-state index < -0.39 is 10.0 Å². The van der Waals surface area contributed by atoms with Gasteiger partial charge in [-0.1, -0.05) is 18.8 Å². The van der Waals surface area contributed by atoms with Crippen molar-refractivity contribution < 1.29 is 18.3 Å². The third-order valence-corrected chi connectivity index (χ3v) is 5.01. The zero-order valence-electron chi connectivity index (χ0n) is 12.6. The van der Waals surface area contributed by atoms with Crippen molar-refractivity contribution in [1.29, 1.82) is 0 Å². The molecule has 1 aromatic carbocycles. The van der Waals surface area contributed by atoms with Crippen LogP contribution in [-0.2, 0) is 14.8 Å². The van der Waals surface area contributed by atoms with Crippen LogP contribution in [0.5, 0.6) is 0 Å². The third-order valence-electron chi connectivity index (χ3n) is 3.04. The van der Waals surface area contributed by atoms with Gasteiger partial charge in [-0.25, -0.2) is 8.42 Å². The lowest BCUT2D eigenvalue weighted by molar-refractivity contribution is 0.180. The Morgan fingerprint density at radius 1 is 1.38 bits per heavy atom. The van der Waals surface area contributed by atoms with Crippen LogP contribution in [0.2, 0.25) is 0 Å². The summed E-state index contributed by atoms with van der Waals surface area (Å²) < 4.78 is 31.4. The predicted octanol–water partition coefficient (Wildman–Crippen LogP) is 0.996. The van der Waals surface area contributed by atoms with Crippen molar-refractivity contribution in [3.63, 3.8) is 0 Å². The van der Waals surface area contributed by atoms with Crippen molar-refractivity contribution in [2.75, 3.05) is 33.4 Å². The van der Waals surface area contributed by atoms with E-state index in [0.717, 1.165) is 5.56 Å². The number of hydrogen-bond donors (Lipinski definition) is 1. The van der Waals surface area contributed by atoms with Gasteiger partial charge >= 0.3 is 0 Å². The first-order valence-corrected chi connectivity index (χ1v) is 8.10. The van der Waals surface area contributed by atoms with Gasteiger partial charge in [0.25, 0.3) is 0 Å². The number of rotatable bonds is 6. The van der Waals surface area contributed by atoms with E-state index in [9.17, 15) is 8.42 Å². The largest absolute Gasteiger partial charge is 0.384 e. The number of aliphatic hydroxyl groups excluding tert-OH is 1. The molecule has 0 aliphatic rings. The van der Waals surface area contributed by atoms with E-state index in [1.165, 1.54) is 4.31 Å². The molecule has 21 heavy (non-hydrogen) atoms.